The summed E-state index contributed by atoms with van der Waals surface area (Å²) in [6.45, 7) is 0.185. The molecule has 2 aromatic rings. The molecule has 0 saturated carbocycles. The van der Waals surface area contributed by atoms with E-state index in [4.69, 9.17) is 11.6 Å². The van der Waals surface area contributed by atoms with Gasteiger partial charge in [-0.2, -0.15) is 0 Å². The fourth-order valence-corrected chi connectivity index (χ4v) is 3.75. The van der Waals surface area contributed by atoms with E-state index in [-0.39, 0.29) is 12.5 Å². The van der Waals surface area contributed by atoms with E-state index in [1.54, 1.807) is 11.3 Å². The Balaban J connectivity index is 2.34. The van der Waals surface area contributed by atoms with Crippen molar-refractivity contribution in [2.75, 3.05) is 6.61 Å². The lowest BCUT2D eigenvalue weighted by molar-refractivity contribution is 0.265. The Labute approximate surface area is 95.7 Å². The quantitative estimate of drug-likeness (QED) is 0.779. The summed E-state index contributed by atoms with van der Waals surface area (Å²) in [7, 11) is 0. The minimum atomic E-state index is 0.185. The van der Waals surface area contributed by atoms with Crippen LogP contribution in [0.15, 0.2) is 6.33 Å². The Morgan fingerprint density at radius 2 is 2.40 bits per heavy atom. The van der Waals surface area contributed by atoms with Gasteiger partial charge in [0.15, 0.2) is 0 Å². The van der Waals surface area contributed by atoms with Crippen LogP contribution in [-0.2, 0) is 6.42 Å². The molecule has 0 radical (unpaired) electrons. The molecule has 1 aliphatic rings. The van der Waals surface area contributed by atoms with Crippen LogP contribution in [0.25, 0.3) is 10.2 Å². The van der Waals surface area contributed by atoms with E-state index in [9.17, 15) is 5.11 Å². The molecule has 0 fully saturated rings. The molecule has 2 aromatic heterocycles. The van der Waals surface area contributed by atoms with Gasteiger partial charge in [0.2, 0.25) is 0 Å². The number of thiophene rings is 1. The normalized spacial score (nSPS) is 19.7. The van der Waals surface area contributed by atoms with Crippen molar-refractivity contribution >= 4 is 33.2 Å². The lowest BCUT2D eigenvalue weighted by Crippen LogP contribution is -1.99. The molecule has 78 valence electrons. The highest BCUT2D eigenvalue weighted by Gasteiger charge is 2.28. The molecular weight excluding hydrogens is 232 g/mol. The van der Waals surface area contributed by atoms with E-state index in [0.717, 1.165) is 23.1 Å². The summed E-state index contributed by atoms with van der Waals surface area (Å²) in [5.74, 6) is 0.220. The van der Waals surface area contributed by atoms with E-state index in [0.29, 0.717) is 5.15 Å². The number of aliphatic hydroxyl groups is 1. The van der Waals surface area contributed by atoms with Gasteiger partial charge in [-0.1, -0.05) is 11.6 Å². The average molecular weight is 241 g/mol. The number of aliphatic hydroxyl groups excluding tert-OH is 1. The highest BCUT2D eigenvalue weighted by atomic mass is 35.5. The van der Waals surface area contributed by atoms with E-state index in [1.807, 2.05) is 0 Å². The third kappa shape index (κ3) is 1.29. The number of halogens is 1. The minimum absolute atomic E-state index is 0.185. The average Bonchev–Trinajstić information content (AvgIpc) is 2.75. The summed E-state index contributed by atoms with van der Waals surface area (Å²) in [5.41, 5.74) is 1.18. The van der Waals surface area contributed by atoms with Gasteiger partial charge in [-0.05, 0) is 18.4 Å². The van der Waals surface area contributed by atoms with Gasteiger partial charge in [0.1, 0.15) is 16.3 Å². The van der Waals surface area contributed by atoms with Gasteiger partial charge in [0.05, 0.1) is 12.0 Å². The minimum Gasteiger partial charge on any atom is -0.396 e. The predicted octanol–water partition coefficient (Wildman–Crippen LogP) is 2.37. The smallest absolute Gasteiger partial charge is 0.141 e. The second kappa shape index (κ2) is 3.40. The number of aromatic nitrogens is 2. The van der Waals surface area contributed by atoms with Gasteiger partial charge in [0.25, 0.3) is 0 Å². The van der Waals surface area contributed by atoms with Crippen LogP contribution in [0, 0.1) is 0 Å². The van der Waals surface area contributed by atoms with Crippen molar-refractivity contribution in [1.29, 1.82) is 0 Å². The van der Waals surface area contributed by atoms with Crippen molar-refractivity contribution in [2.45, 2.75) is 18.8 Å². The molecule has 2 heterocycles. The largest absolute Gasteiger partial charge is 0.396 e. The first-order valence-electron chi connectivity index (χ1n) is 4.84. The van der Waals surface area contributed by atoms with Crippen molar-refractivity contribution in [2.24, 2.45) is 0 Å². The molecule has 3 rings (SSSR count). The van der Waals surface area contributed by atoms with Crippen molar-refractivity contribution in [3.8, 4) is 0 Å². The van der Waals surface area contributed by atoms with Crippen LogP contribution in [0.5, 0.6) is 0 Å². The first-order chi connectivity index (χ1) is 7.31. The number of rotatable bonds is 1. The highest BCUT2D eigenvalue weighted by Crippen LogP contribution is 2.44. The first-order valence-corrected chi connectivity index (χ1v) is 6.03. The SMILES string of the molecule is OC[C@@H]1CCc2sc3ncnc(Cl)c3c21. The fraction of sp³-hybridized carbons (Fsp3) is 0.400. The van der Waals surface area contributed by atoms with Crippen LogP contribution in [0.3, 0.4) is 0 Å². The molecule has 0 aliphatic heterocycles. The van der Waals surface area contributed by atoms with Gasteiger partial charge >= 0.3 is 0 Å². The highest BCUT2D eigenvalue weighted by molar-refractivity contribution is 7.19. The molecule has 0 unspecified atom stereocenters. The number of aryl methyl sites for hydroxylation is 1. The van der Waals surface area contributed by atoms with Crippen molar-refractivity contribution < 1.29 is 5.11 Å². The van der Waals surface area contributed by atoms with E-state index in [1.165, 1.54) is 16.8 Å². The molecule has 5 heteroatoms. The zero-order chi connectivity index (χ0) is 10.4. The summed E-state index contributed by atoms with van der Waals surface area (Å²) < 4.78 is 0. The second-order valence-corrected chi connectivity index (χ2v) is 5.14. The molecule has 0 saturated heterocycles. The van der Waals surface area contributed by atoms with Gasteiger partial charge < -0.3 is 5.11 Å². The zero-order valence-corrected chi connectivity index (χ0v) is 9.48. The molecule has 0 bridgehead atoms. The van der Waals surface area contributed by atoms with Crippen molar-refractivity contribution in [1.82, 2.24) is 9.97 Å². The molecule has 0 amide bonds. The standard InChI is InChI=1S/C10H9ClN2OS/c11-9-8-7-5(3-14)1-2-6(7)15-10(8)13-4-12-9/h4-5,14H,1-3H2/t5-/m0/s1. The van der Waals surface area contributed by atoms with Crippen LogP contribution in [0.1, 0.15) is 22.8 Å². The predicted molar refractivity (Wildman–Crippen MR) is 60.6 cm³/mol. The molecule has 0 aromatic carbocycles. The van der Waals surface area contributed by atoms with Crippen molar-refractivity contribution in [3.63, 3.8) is 0 Å². The molecule has 1 aliphatic carbocycles. The van der Waals surface area contributed by atoms with Gasteiger partial charge in [-0.3, -0.25) is 0 Å². The van der Waals surface area contributed by atoms with Crippen LogP contribution in [0.2, 0.25) is 5.15 Å². The topological polar surface area (TPSA) is 46.0 Å². The van der Waals surface area contributed by atoms with Gasteiger partial charge in [-0.25, -0.2) is 9.97 Å². The van der Waals surface area contributed by atoms with Crippen LogP contribution < -0.4 is 0 Å². The van der Waals surface area contributed by atoms with Crippen molar-refractivity contribution in [3.05, 3.63) is 21.9 Å². The zero-order valence-electron chi connectivity index (χ0n) is 7.90. The summed E-state index contributed by atoms with van der Waals surface area (Å²) in [4.78, 5) is 10.5. The summed E-state index contributed by atoms with van der Waals surface area (Å²) >= 11 is 7.75. The Morgan fingerprint density at radius 1 is 1.53 bits per heavy atom. The monoisotopic (exact) mass is 240 g/mol. The van der Waals surface area contributed by atoms with E-state index < -0.39 is 0 Å². The second-order valence-electron chi connectivity index (χ2n) is 3.70. The molecular formula is C10H9ClN2OS. The summed E-state index contributed by atoms with van der Waals surface area (Å²) in [6, 6.07) is 0. The van der Waals surface area contributed by atoms with E-state index >= 15 is 0 Å². The van der Waals surface area contributed by atoms with Gasteiger partial charge in [-0.15, -0.1) is 11.3 Å². The summed E-state index contributed by atoms with van der Waals surface area (Å²) in [6.07, 6.45) is 3.53. The Kier molecular flexibility index (Phi) is 2.16. The number of fused-ring (bicyclic) bond motifs is 3. The Bertz CT molecular complexity index is 525. The van der Waals surface area contributed by atoms with Crippen LogP contribution in [0.4, 0.5) is 0 Å². The number of hydrogen-bond acceptors (Lipinski definition) is 4. The van der Waals surface area contributed by atoms with E-state index in [2.05, 4.69) is 9.97 Å². The maximum atomic E-state index is 9.30. The van der Waals surface area contributed by atoms with Gasteiger partial charge in [0, 0.05) is 10.8 Å². The van der Waals surface area contributed by atoms with Crippen LogP contribution in [-0.4, -0.2) is 21.7 Å². The number of hydrogen-bond donors (Lipinski definition) is 1. The maximum absolute atomic E-state index is 9.30. The molecule has 0 spiro atoms. The third-order valence-electron chi connectivity index (χ3n) is 2.90. The third-order valence-corrected chi connectivity index (χ3v) is 4.36. The first kappa shape index (κ1) is 9.51. The lowest BCUT2D eigenvalue weighted by atomic mass is 10.0. The molecule has 1 N–H and O–H groups in total. The summed E-state index contributed by atoms with van der Waals surface area (Å²) in [5, 5.41) is 10.8. The molecule has 3 nitrogen and oxygen atoms in total. The van der Waals surface area contributed by atoms with Crippen LogP contribution >= 0.6 is 22.9 Å². The Morgan fingerprint density at radius 3 is 3.20 bits per heavy atom. The molecule has 15 heavy (non-hydrogen) atoms. The maximum Gasteiger partial charge on any atom is 0.141 e. The number of nitrogens with zero attached hydrogens (tertiary/aromatic N) is 2. The fourth-order valence-electron chi connectivity index (χ4n) is 2.21. The molecule has 1 atom stereocenters. The Hall–Kier alpha value is -0.710. The lowest BCUT2D eigenvalue weighted by Gasteiger charge is -2.06.